The van der Waals surface area contributed by atoms with Gasteiger partial charge in [-0.3, -0.25) is 19.3 Å². The van der Waals surface area contributed by atoms with Gasteiger partial charge in [0.05, 0.1) is 26.2 Å². The predicted octanol–water partition coefficient (Wildman–Crippen LogP) is 2.27. The monoisotopic (exact) mass is 453 g/mol. The van der Waals surface area contributed by atoms with Crippen LogP contribution in [0.5, 0.6) is 5.75 Å². The summed E-state index contributed by atoms with van der Waals surface area (Å²) in [5.74, 6) is -1.05. The van der Waals surface area contributed by atoms with Crippen LogP contribution in [0.4, 0.5) is 4.79 Å². The predicted molar refractivity (Wildman–Crippen MR) is 119 cm³/mol. The molecule has 0 saturated carbocycles. The lowest BCUT2D eigenvalue weighted by Gasteiger charge is -2.23. The van der Waals surface area contributed by atoms with E-state index in [0.717, 1.165) is 4.90 Å². The maximum Gasteiger partial charge on any atom is 0.325 e. The Kier molecular flexibility index (Phi) is 7.32. The molecule has 1 saturated heterocycles. The van der Waals surface area contributed by atoms with Crippen molar-refractivity contribution in [3.05, 3.63) is 65.7 Å². The van der Waals surface area contributed by atoms with Gasteiger partial charge in [0.1, 0.15) is 17.8 Å². The van der Waals surface area contributed by atoms with Gasteiger partial charge in [0.2, 0.25) is 5.91 Å². The molecular weight excluding hydrogens is 426 g/mol. The second kappa shape index (κ2) is 10.2. The lowest BCUT2D eigenvalue weighted by Crippen LogP contribution is -2.44. The first kappa shape index (κ1) is 23.8. The topological polar surface area (TPSA) is 114 Å². The van der Waals surface area contributed by atoms with E-state index in [1.54, 1.807) is 62.4 Å². The van der Waals surface area contributed by atoms with Crippen LogP contribution in [0.3, 0.4) is 0 Å². The van der Waals surface area contributed by atoms with Gasteiger partial charge >= 0.3 is 12.0 Å². The van der Waals surface area contributed by atoms with Crippen LogP contribution in [0.1, 0.15) is 37.4 Å². The summed E-state index contributed by atoms with van der Waals surface area (Å²) in [7, 11) is 1.51. The second-order valence-electron chi connectivity index (χ2n) is 7.72. The third kappa shape index (κ3) is 5.31. The third-order valence-electron chi connectivity index (χ3n) is 5.44. The van der Waals surface area contributed by atoms with E-state index in [1.807, 2.05) is 6.07 Å². The zero-order valence-electron chi connectivity index (χ0n) is 18.8. The van der Waals surface area contributed by atoms with E-state index in [1.165, 1.54) is 7.11 Å². The summed E-state index contributed by atoms with van der Waals surface area (Å²) in [6, 6.07) is 14.3. The van der Waals surface area contributed by atoms with Gasteiger partial charge < -0.3 is 20.1 Å². The van der Waals surface area contributed by atoms with Crippen molar-refractivity contribution in [2.45, 2.75) is 31.8 Å². The lowest BCUT2D eigenvalue weighted by molar-refractivity contribution is -0.144. The summed E-state index contributed by atoms with van der Waals surface area (Å²) in [4.78, 5) is 51.4. The Labute approximate surface area is 192 Å². The Morgan fingerprint density at radius 3 is 2.52 bits per heavy atom. The molecule has 2 unspecified atom stereocenters. The van der Waals surface area contributed by atoms with E-state index in [2.05, 4.69) is 10.6 Å². The standard InChI is InChI=1S/C24H27N3O6/c1-4-33-21(29)14-19(16-9-8-12-18(13-16)32-3)25-20(28)15-27-22(30)24(2,26-23(27)31)17-10-6-5-7-11-17/h5-13,19H,4,14-15H2,1-3H3,(H,25,28)(H,26,31). The molecule has 4 amide bonds. The number of nitrogens with one attached hydrogen (secondary N) is 2. The molecule has 1 aliphatic rings. The number of benzene rings is 2. The molecule has 2 N–H and O–H groups in total. The van der Waals surface area contributed by atoms with Crippen LogP contribution < -0.4 is 15.4 Å². The van der Waals surface area contributed by atoms with Crippen LogP contribution in [0.2, 0.25) is 0 Å². The molecule has 2 aromatic carbocycles. The fourth-order valence-electron chi connectivity index (χ4n) is 3.69. The minimum atomic E-state index is -1.27. The van der Waals surface area contributed by atoms with Gasteiger partial charge in [-0.1, -0.05) is 42.5 Å². The number of amides is 4. The van der Waals surface area contributed by atoms with Gasteiger partial charge in [0, 0.05) is 0 Å². The number of hydrogen-bond donors (Lipinski definition) is 2. The zero-order valence-corrected chi connectivity index (χ0v) is 18.8. The molecule has 9 nitrogen and oxygen atoms in total. The van der Waals surface area contributed by atoms with Crippen molar-refractivity contribution in [1.82, 2.24) is 15.5 Å². The Morgan fingerprint density at radius 1 is 1.12 bits per heavy atom. The van der Waals surface area contributed by atoms with Crippen LogP contribution in [0.15, 0.2) is 54.6 Å². The number of methoxy groups -OCH3 is 1. The highest BCUT2D eigenvalue weighted by Gasteiger charge is 2.49. The summed E-state index contributed by atoms with van der Waals surface area (Å²) < 4.78 is 10.3. The first-order valence-corrected chi connectivity index (χ1v) is 10.6. The molecule has 3 rings (SSSR count). The highest BCUT2D eigenvalue weighted by Crippen LogP contribution is 2.28. The number of urea groups is 1. The molecule has 0 bridgehead atoms. The van der Waals surface area contributed by atoms with Crippen molar-refractivity contribution in [1.29, 1.82) is 0 Å². The maximum atomic E-state index is 13.0. The van der Waals surface area contributed by atoms with E-state index in [-0.39, 0.29) is 13.0 Å². The number of esters is 1. The largest absolute Gasteiger partial charge is 0.497 e. The molecule has 0 aliphatic carbocycles. The number of imide groups is 1. The third-order valence-corrected chi connectivity index (χ3v) is 5.44. The molecule has 33 heavy (non-hydrogen) atoms. The molecule has 1 aliphatic heterocycles. The number of hydrogen-bond acceptors (Lipinski definition) is 6. The molecular formula is C24H27N3O6. The van der Waals surface area contributed by atoms with Crippen LogP contribution in [-0.4, -0.2) is 49.0 Å². The zero-order chi connectivity index (χ0) is 24.0. The summed E-state index contributed by atoms with van der Waals surface area (Å²) in [6.07, 6.45) is -0.116. The quantitative estimate of drug-likeness (QED) is 0.445. The van der Waals surface area contributed by atoms with Crippen LogP contribution >= 0.6 is 0 Å². The molecule has 1 fully saturated rings. The average Bonchev–Trinajstić information content (AvgIpc) is 3.03. The summed E-state index contributed by atoms with van der Waals surface area (Å²) in [5, 5.41) is 5.41. The Balaban J connectivity index is 1.76. The second-order valence-corrected chi connectivity index (χ2v) is 7.72. The van der Waals surface area contributed by atoms with Gasteiger partial charge in [0.25, 0.3) is 5.91 Å². The normalized spacial score (nSPS) is 18.5. The Bertz CT molecular complexity index is 1040. The number of nitrogens with zero attached hydrogens (tertiary/aromatic N) is 1. The highest BCUT2D eigenvalue weighted by molar-refractivity contribution is 6.09. The maximum absolute atomic E-state index is 13.0. The minimum Gasteiger partial charge on any atom is -0.497 e. The molecule has 1 heterocycles. The summed E-state index contributed by atoms with van der Waals surface area (Å²) >= 11 is 0. The van der Waals surface area contributed by atoms with Gasteiger partial charge in [-0.2, -0.15) is 0 Å². The summed E-state index contributed by atoms with van der Waals surface area (Å²) in [5.41, 5.74) is -0.0275. The Hall–Kier alpha value is -3.88. The molecule has 174 valence electrons. The molecule has 0 spiro atoms. The summed E-state index contributed by atoms with van der Waals surface area (Å²) in [6.45, 7) is 3.01. The molecule has 0 radical (unpaired) electrons. The minimum absolute atomic E-state index is 0.116. The average molecular weight is 453 g/mol. The molecule has 2 aromatic rings. The van der Waals surface area contributed by atoms with E-state index < -0.39 is 41.9 Å². The van der Waals surface area contributed by atoms with Gasteiger partial charge in [-0.15, -0.1) is 0 Å². The first-order valence-electron chi connectivity index (χ1n) is 10.6. The van der Waals surface area contributed by atoms with Crippen LogP contribution in [-0.2, 0) is 24.7 Å². The van der Waals surface area contributed by atoms with Crippen molar-refractivity contribution < 1.29 is 28.7 Å². The van der Waals surface area contributed by atoms with Crippen molar-refractivity contribution in [3.8, 4) is 5.75 Å². The molecule has 2 atom stereocenters. The van der Waals surface area contributed by atoms with E-state index >= 15 is 0 Å². The van der Waals surface area contributed by atoms with E-state index in [9.17, 15) is 19.2 Å². The van der Waals surface area contributed by atoms with E-state index in [4.69, 9.17) is 9.47 Å². The molecule has 0 aromatic heterocycles. The van der Waals surface area contributed by atoms with Gasteiger partial charge in [-0.25, -0.2) is 4.79 Å². The fourth-order valence-corrected chi connectivity index (χ4v) is 3.69. The highest BCUT2D eigenvalue weighted by atomic mass is 16.5. The first-order chi connectivity index (χ1) is 15.8. The van der Waals surface area contributed by atoms with Crippen LogP contribution in [0.25, 0.3) is 0 Å². The number of rotatable bonds is 9. The SMILES string of the molecule is CCOC(=O)CC(NC(=O)CN1C(=O)NC(C)(c2ccccc2)C1=O)c1cccc(OC)c1. The molecule has 9 heteroatoms. The van der Waals surface area contributed by atoms with Gasteiger partial charge in [-0.05, 0) is 37.1 Å². The number of ether oxygens (including phenoxy) is 2. The smallest absolute Gasteiger partial charge is 0.325 e. The van der Waals surface area contributed by atoms with E-state index in [0.29, 0.717) is 16.9 Å². The van der Waals surface area contributed by atoms with Crippen molar-refractivity contribution in [2.75, 3.05) is 20.3 Å². The Morgan fingerprint density at radius 2 is 1.85 bits per heavy atom. The van der Waals surface area contributed by atoms with Crippen molar-refractivity contribution in [3.63, 3.8) is 0 Å². The number of carbonyl (C=O) groups is 4. The lowest BCUT2D eigenvalue weighted by atomic mass is 9.92. The van der Waals surface area contributed by atoms with Crippen molar-refractivity contribution in [2.24, 2.45) is 0 Å². The number of carbonyl (C=O) groups excluding carboxylic acids is 4. The van der Waals surface area contributed by atoms with Crippen molar-refractivity contribution >= 4 is 23.8 Å². The fraction of sp³-hybridized carbons (Fsp3) is 0.333. The van der Waals surface area contributed by atoms with Gasteiger partial charge in [0.15, 0.2) is 0 Å². The van der Waals surface area contributed by atoms with Crippen LogP contribution in [0, 0.1) is 0 Å².